The van der Waals surface area contributed by atoms with Crippen LogP contribution >= 0.6 is 0 Å². The van der Waals surface area contributed by atoms with Gasteiger partial charge >= 0.3 is 0 Å². The van der Waals surface area contributed by atoms with Gasteiger partial charge in [-0.3, -0.25) is 0 Å². The van der Waals surface area contributed by atoms with Gasteiger partial charge in [0.2, 0.25) is 0 Å². The Morgan fingerprint density at radius 2 is 1.79 bits per heavy atom. The summed E-state index contributed by atoms with van der Waals surface area (Å²) in [5.41, 5.74) is -1.02. The first kappa shape index (κ1) is 14.6. The van der Waals surface area contributed by atoms with Gasteiger partial charge in [0.1, 0.15) is 0 Å². The van der Waals surface area contributed by atoms with Crippen LogP contribution in [0.1, 0.15) is 39.5 Å². The summed E-state index contributed by atoms with van der Waals surface area (Å²) in [6.45, 7) is 10.8. The zero-order valence-corrected chi connectivity index (χ0v) is 13.7. The number of nitrogens with zero attached hydrogens (tertiary/aromatic N) is 2. The van der Waals surface area contributed by atoms with Crippen LogP contribution in [-0.2, 0) is 4.43 Å². The van der Waals surface area contributed by atoms with E-state index in [0.29, 0.717) is 6.42 Å². The van der Waals surface area contributed by atoms with Gasteiger partial charge in [0, 0.05) is 11.8 Å². The Labute approximate surface area is 117 Å². The fourth-order valence-electron chi connectivity index (χ4n) is 4.39. The van der Waals surface area contributed by atoms with Gasteiger partial charge in [-0.25, -0.2) is 0 Å². The monoisotopic (exact) mass is 276 g/mol. The van der Waals surface area contributed by atoms with E-state index in [9.17, 15) is 10.5 Å². The number of hydrogen-bond acceptors (Lipinski definition) is 3. The van der Waals surface area contributed by atoms with Crippen LogP contribution in [0.2, 0.25) is 19.6 Å². The van der Waals surface area contributed by atoms with Gasteiger partial charge in [-0.15, -0.1) is 0 Å². The molecule has 0 heterocycles. The van der Waals surface area contributed by atoms with Crippen LogP contribution in [-0.4, -0.2) is 13.9 Å². The molecule has 0 spiro atoms. The molecule has 2 aliphatic carbocycles. The molecule has 0 radical (unpaired) electrons. The minimum atomic E-state index is -1.83. The van der Waals surface area contributed by atoms with Crippen molar-refractivity contribution in [1.82, 2.24) is 0 Å². The summed E-state index contributed by atoms with van der Waals surface area (Å²) >= 11 is 0. The molecule has 0 bridgehead atoms. The maximum Gasteiger partial charge on any atom is 0.185 e. The summed E-state index contributed by atoms with van der Waals surface area (Å²) in [7, 11) is -1.83. The van der Waals surface area contributed by atoms with E-state index in [1.54, 1.807) is 0 Å². The van der Waals surface area contributed by atoms with E-state index in [0.717, 1.165) is 19.3 Å². The lowest BCUT2D eigenvalue weighted by Crippen LogP contribution is -2.52. The van der Waals surface area contributed by atoms with Crippen molar-refractivity contribution in [3.8, 4) is 12.1 Å². The topological polar surface area (TPSA) is 56.8 Å². The lowest BCUT2D eigenvalue weighted by atomic mass is 9.63. The molecule has 2 aliphatic rings. The van der Waals surface area contributed by atoms with Gasteiger partial charge in [0.15, 0.2) is 13.9 Å². The zero-order valence-electron chi connectivity index (χ0n) is 12.7. The molecule has 0 aromatic rings. The summed E-state index contributed by atoms with van der Waals surface area (Å²) in [4.78, 5) is 0. The summed E-state index contributed by atoms with van der Waals surface area (Å²) in [5.74, 6) is -0.0593. The molecular formula is C15H24N2OSi. The van der Waals surface area contributed by atoms with Crippen LogP contribution in [0, 0.1) is 39.4 Å². The molecule has 2 rings (SSSR count). The highest BCUT2D eigenvalue weighted by atomic mass is 28.4. The van der Waals surface area contributed by atoms with E-state index >= 15 is 0 Å². The molecule has 19 heavy (non-hydrogen) atoms. The smallest absolute Gasteiger partial charge is 0.185 e. The second-order valence-corrected chi connectivity index (χ2v) is 12.1. The van der Waals surface area contributed by atoms with Crippen LogP contribution in [0.5, 0.6) is 0 Å². The molecule has 0 unspecified atom stereocenters. The SMILES string of the molecule is C[C@]12CCC[C@@]1(C)[C@H](C#N)C[C@@]2(C#N)O[Si](C)(C)C. The molecule has 4 heteroatoms. The van der Waals surface area contributed by atoms with Crippen molar-refractivity contribution in [2.45, 2.75) is 64.8 Å². The van der Waals surface area contributed by atoms with Crippen molar-refractivity contribution >= 4 is 8.32 Å². The molecule has 0 saturated heterocycles. The van der Waals surface area contributed by atoms with Crippen molar-refractivity contribution < 1.29 is 4.43 Å². The van der Waals surface area contributed by atoms with Gasteiger partial charge in [0.25, 0.3) is 0 Å². The molecule has 104 valence electrons. The van der Waals surface area contributed by atoms with Crippen LogP contribution in [0.15, 0.2) is 0 Å². The van der Waals surface area contributed by atoms with Gasteiger partial charge in [-0.2, -0.15) is 10.5 Å². The Balaban J connectivity index is 2.53. The maximum absolute atomic E-state index is 9.86. The largest absolute Gasteiger partial charge is 0.399 e. The minimum absolute atomic E-state index is 0.0593. The van der Waals surface area contributed by atoms with E-state index in [1.165, 1.54) is 0 Å². The van der Waals surface area contributed by atoms with Gasteiger partial charge in [-0.05, 0) is 37.9 Å². The van der Waals surface area contributed by atoms with Crippen LogP contribution in [0.4, 0.5) is 0 Å². The second-order valence-electron chi connectivity index (χ2n) is 7.64. The molecule has 0 aliphatic heterocycles. The third kappa shape index (κ3) is 1.77. The molecule has 0 amide bonds. The summed E-state index contributed by atoms with van der Waals surface area (Å²) in [6, 6.07) is 4.96. The summed E-state index contributed by atoms with van der Waals surface area (Å²) in [5, 5.41) is 19.4. The maximum atomic E-state index is 9.86. The fraction of sp³-hybridized carbons (Fsp3) is 0.867. The number of nitriles is 2. The highest BCUT2D eigenvalue weighted by molar-refractivity contribution is 6.69. The second kappa shape index (κ2) is 4.07. The summed E-state index contributed by atoms with van der Waals surface area (Å²) in [6.07, 6.45) is 3.72. The Morgan fingerprint density at radius 3 is 2.26 bits per heavy atom. The Kier molecular flexibility index (Phi) is 3.12. The molecule has 2 saturated carbocycles. The Bertz CT molecular complexity index is 472. The standard InChI is InChI=1S/C15H24N2OSi/c1-13-7-6-8-14(13,2)15(11-17,9-12(13)10-16)18-19(3,4)5/h12H,6-9H2,1-5H3/t12-,13-,14-,15-/m0/s1. The third-order valence-electron chi connectivity index (χ3n) is 5.60. The van der Waals surface area contributed by atoms with Crippen LogP contribution in [0.25, 0.3) is 0 Å². The average Bonchev–Trinajstić information content (AvgIpc) is 2.68. The van der Waals surface area contributed by atoms with Crippen molar-refractivity contribution in [3.05, 3.63) is 0 Å². The van der Waals surface area contributed by atoms with Crippen molar-refractivity contribution in [2.75, 3.05) is 0 Å². The number of rotatable bonds is 2. The highest BCUT2D eigenvalue weighted by Gasteiger charge is 2.71. The molecule has 0 N–H and O–H groups in total. The van der Waals surface area contributed by atoms with Crippen LogP contribution in [0.3, 0.4) is 0 Å². The van der Waals surface area contributed by atoms with Crippen molar-refractivity contribution in [3.63, 3.8) is 0 Å². The average molecular weight is 276 g/mol. The Hall–Kier alpha value is -0.843. The van der Waals surface area contributed by atoms with E-state index < -0.39 is 13.9 Å². The molecule has 4 atom stereocenters. The highest BCUT2D eigenvalue weighted by Crippen LogP contribution is 2.70. The first-order valence-corrected chi connectivity index (χ1v) is 10.6. The van der Waals surface area contributed by atoms with E-state index in [1.807, 2.05) is 0 Å². The van der Waals surface area contributed by atoms with Crippen LogP contribution < -0.4 is 0 Å². The number of hydrogen-bond donors (Lipinski definition) is 0. The molecule has 2 fully saturated rings. The molecule has 3 nitrogen and oxygen atoms in total. The van der Waals surface area contributed by atoms with E-state index in [2.05, 4.69) is 45.6 Å². The predicted octanol–water partition coefficient (Wildman–Crippen LogP) is 3.84. The van der Waals surface area contributed by atoms with Gasteiger partial charge < -0.3 is 4.43 Å². The Morgan fingerprint density at radius 1 is 1.16 bits per heavy atom. The zero-order chi connectivity index (χ0) is 14.5. The summed E-state index contributed by atoms with van der Waals surface area (Å²) < 4.78 is 6.38. The quantitative estimate of drug-likeness (QED) is 0.720. The first-order chi connectivity index (χ1) is 8.64. The predicted molar refractivity (Wildman–Crippen MR) is 76.6 cm³/mol. The third-order valence-corrected chi connectivity index (χ3v) is 6.56. The molecular weight excluding hydrogens is 252 g/mol. The number of fused-ring (bicyclic) bond motifs is 1. The lowest BCUT2D eigenvalue weighted by molar-refractivity contribution is -0.0242. The first-order valence-electron chi connectivity index (χ1n) is 7.15. The van der Waals surface area contributed by atoms with Gasteiger partial charge in [-0.1, -0.05) is 20.3 Å². The van der Waals surface area contributed by atoms with E-state index in [4.69, 9.17) is 4.43 Å². The normalized spacial score (nSPS) is 45.5. The lowest BCUT2D eigenvalue weighted by Gasteiger charge is -2.46. The molecule has 0 aromatic heterocycles. The van der Waals surface area contributed by atoms with Crippen molar-refractivity contribution in [2.24, 2.45) is 16.7 Å². The van der Waals surface area contributed by atoms with Gasteiger partial charge in [0.05, 0.1) is 18.1 Å². The molecule has 0 aromatic carbocycles. The fourth-order valence-corrected chi connectivity index (χ4v) is 5.79. The van der Waals surface area contributed by atoms with E-state index in [-0.39, 0.29) is 16.7 Å². The van der Waals surface area contributed by atoms with Crippen molar-refractivity contribution in [1.29, 1.82) is 10.5 Å². The minimum Gasteiger partial charge on any atom is -0.399 e.